The van der Waals surface area contributed by atoms with E-state index in [1.54, 1.807) is 6.07 Å². The van der Waals surface area contributed by atoms with Crippen molar-refractivity contribution >= 4 is 17.7 Å². The van der Waals surface area contributed by atoms with Crippen LogP contribution < -0.4 is 11.1 Å². The molecule has 1 amide bonds. The number of anilines is 1. The summed E-state index contributed by atoms with van der Waals surface area (Å²) in [5.74, 6) is -0.310. The molecule has 0 aliphatic rings. The van der Waals surface area contributed by atoms with Gasteiger partial charge in [-0.3, -0.25) is 4.79 Å². The molecule has 7 heteroatoms. The van der Waals surface area contributed by atoms with Gasteiger partial charge < -0.3 is 15.8 Å². The molecule has 0 saturated carbocycles. The summed E-state index contributed by atoms with van der Waals surface area (Å²) >= 11 is 0. The van der Waals surface area contributed by atoms with E-state index in [9.17, 15) is 9.59 Å². The van der Waals surface area contributed by atoms with E-state index in [0.29, 0.717) is 18.2 Å². The van der Waals surface area contributed by atoms with Crippen molar-refractivity contribution in [2.24, 2.45) is 11.7 Å². The largest absolute Gasteiger partial charge is 0.467 e. The molecule has 0 aromatic carbocycles. The van der Waals surface area contributed by atoms with Crippen LogP contribution in [0, 0.1) is 5.92 Å². The molecule has 0 spiro atoms. The Bertz CT molecular complexity index is 445. The van der Waals surface area contributed by atoms with Gasteiger partial charge in [-0.1, -0.05) is 13.8 Å². The second-order valence-electron chi connectivity index (χ2n) is 4.52. The van der Waals surface area contributed by atoms with Crippen molar-refractivity contribution in [1.29, 1.82) is 0 Å². The summed E-state index contributed by atoms with van der Waals surface area (Å²) in [5, 5.41) is 10.4. The number of nitrogens with zero attached hydrogens (tertiary/aromatic N) is 2. The van der Waals surface area contributed by atoms with Gasteiger partial charge in [-0.15, -0.1) is 10.2 Å². The van der Waals surface area contributed by atoms with Crippen molar-refractivity contribution in [2.75, 3.05) is 12.4 Å². The van der Waals surface area contributed by atoms with E-state index in [2.05, 4.69) is 15.5 Å². The second-order valence-corrected chi connectivity index (χ2v) is 4.52. The number of hydrogen-bond donors (Lipinski definition) is 2. The molecule has 1 heterocycles. The first-order valence-corrected chi connectivity index (χ1v) is 5.92. The van der Waals surface area contributed by atoms with Gasteiger partial charge in [0.2, 0.25) is 0 Å². The first-order chi connectivity index (χ1) is 8.93. The van der Waals surface area contributed by atoms with Crippen LogP contribution in [0.25, 0.3) is 0 Å². The average molecular weight is 266 g/mol. The van der Waals surface area contributed by atoms with E-state index in [-0.39, 0.29) is 11.7 Å². The number of nitrogens with one attached hydrogen (secondary N) is 1. The topological polar surface area (TPSA) is 107 Å². The van der Waals surface area contributed by atoms with Crippen molar-refractivity contribution in [2.45, 2.75) is 26.3 Å². The van der Waals surface area contributed by atoms with Gasteiger partial charge in [0.05, 0.1) is 7.11 Å². The molecule has 0 fully saturated rings. The highest BCUT2D eigenvalue weighted by molar-refractivity contribution is 5.90. The minimum Gasteiger partial charge on any atom is -0.467 e. The monoisotopic (exact) mass is 266 g/mol. The summed E-state index contributed by atoms with van der Waals surface area (Å²) in [6, 6.07) is 2.49. The van der Waals surface area contributed by atoms with Crippen LogP contribution in [0.1, 0.15) is 30.8 Å². The van der Waals surface area contributed by atoms with Crippen LogP contribution in [-0.2, 0) is 9.53 Å². The lowest BCUT2D eigenvalue weighted by Crippen LogP contribution is -2.32. The fraction of sp³-hybridized carbons (Fsp3) is 0.500. The van der Waals surface area contributed by atoms with Crippen LogP contribution in [-0.4, -0.2) is 35.2 Å². The molecule has 1 rings (SSSR count). The van der Waals surface area contributed by atoms with Gasteiger partial charge in [-0.2, -0.15) is 0 Å². The zero-order valence-electron chi connectivity index (χ0n) is 11.2. The standard InChI is InChI=1S/C12H18N4O3/c1-7(2)6-9(12(18)19-3)14-10-5-4-8(11(13)17)15-16-10/h4-5,7,9H,6H2,1-3H3,(H2,13,17)(H,14,16). The summed E-state index contributed by atoms with van der Waals surface area (Å²) < 4.78 is 4.72. The number of methoxy groups -OCH3 is 1. The van der Waals surface area contributed by atoms with Gasteiger partial charge in [0.15, 0.2) is 5.69 Å². The third kappa shape index (κ3) is 4.53. The van der Waals surface area contributed by atoms with Gasteiger partial charge in [0.1, 0.15) is 11.9 Å². The Labute approximate surface area is 111 Å². The fourth-order valence-corrected chi connectivity index (χ4v) is 1.55. The minimum absolute atomic E-state index is 0.0732. The lowest BCUT2D eigenvalue weighted by Gasteiger charge is -2.18. The molecule has 19 heavy (non-hydrogen) atoms. The van der Waals surface area contributed by atoms with Gasteiger partial charge in [-0.05, 0) is 24.5 Å². The molecule has 0 radical (unpaired) electrons. The van der Waals surface area contributed by atoms with E-state index in [1.165, 1.54) is 13.2 Å². The van der Waals surface area contributed by atoms with E-state index in [4.69, 9.17) is 10.5 Å². The highest BCUT2D eigenvalue weighted by atomic mass is 16.5. The quantitative estimate of drug-likeness (QED) is 0.729. The molecule has 1 aromatic heterocycles. The average Bonchev–Trinajstić information content (AvgIpc) is 2.37. The van der Waals surface area contributed by atoms with E-state index < -0.39 is 11.9 Å². The molecule has 104 valence electrons. The summed E-state index contributed by atoms with van der Waals surface area (Å²) in [6.07, 6.45) is 0.603. The molecule has 1 unspecified atom stereocenters. The molecule has 0 bridgehead atoms. The van der Waals surface area contributed by atoms with Gasteiger partial charge in [0, 0.05) is 0 Å². The predicted octanol–water partition coefficient (Wildman–Crippen LogP) is 0.575. The van der Waals surface area contributed by atoms with Crippen molar-refractivity contribution in [1.82, 2.24) is 10.2 Å². The van der Waals surface area contributed by atoms with Crippen LogP contribution in [0.3, 0.4) is 0 Å². The Morgan fingerprint density at radius 2 is 2.05 bits per heavy atom. The number of rotatable bonds is 6. The number of amides is 1. The SMILES string of the molecule is COC(=O)C(CC(C)C)Nc1ccc(C(N)=O)nn1. The Balaban J connectivity index is 2.78. The number of carbonyl (C=O) groups excluding carboxylic acids is 2. The summed E-state index contributed by atoms with van der Waals surface area (Å²) in [7, 11) is 1.33. The zero-order valence-corrected chi connectivity index (χ0v) is 11.2. The Hall–Kier alpha value is -2.18. The third-order valence-corrected chi connectivity index (χ3v) is 2.43. The number of nitrogens with two attached hydrogens (primary N) is 1. The number of hydrogen-bond acceptors (Lipinski definition) is 6. The number of carbonyl (C=O) groups is 2. The van der Waals surface area contributed by atoms with Crippen molar-refractivity contribution in [3.8, 4) is 0 Å². The van der Waals surface area contributed by atoms with Gasteiger partial charge in [0.25, 0.3) is 5.91 Å². The highest BCUT2D eigenvalue weighted by Gasteiger charge is 2.20. The molecule has 1 atom stereocenters. The van der Waals surface area contributed by atoms with E-state index in [0.717, 1.165) is 0 Å². The van der Waals surface area contributed by atoms with Crippen LogP contribution in [0.15, 0.2) is 12.1 Å². The van der Waals surface area contributed by atoms with Crippen molar-refractivity contribution < 1.29 is 14.3 Å². The molecule has 0 aliphatic heterocycles. The molecule has 3 N–H and O–H groups in total. The van der Waals surface area contributed by atoms with Crippen LogP contribution in [0.5, 0.6) is 0 Å². The maximum atomic E-state index is 11.6. The Morgan fingerprint density at radius 1 is 1.37 bits per heavy atom. The third-order valence-electron chi connectivity index (χ3n) is 2.43. The number of aromatic nitrogens is 2. The summed E-state index contributed by atoms with van der Waals surface area (Å²) in [6.45, 7) is 4.00. The van der Waals surface area contributed by atoms with E-state index >= 15 is 0 Å². The van der Waals surface area contributed by atoms with Crippen LogP contribution in [0.4, 0.5) is 5.82 Å². The Morgan fingerprint density at radius 3 is 2.47 bits per heavy atom. The minimum atomic E-state index is -0.647. The van der Waals surface area contributed by atoms with Gasteiger partial charge >= 0.3 is 5.97 Å². The van der Waals surface area contributed by atoms with Crippen LogP contribution >= 0.6 is 0 Å². The molecule has 1 aromatic rings. The summed E-state index contributed by atoms with van der Waals surface area (Å²) in [4.78, 5) is 22.5. The predicted molar refractivity (Wildman–Crippen MR) is 69.4 cm³/mol. The maximum Gasteiger partial charge on any atom is 0.328 e. The first-order valence-electron chi connectivity index (χ1n) is 5.92. The molecule has 7 nitrogen and oxygen atoms in total. The summed E-state index contributed by atoms with van der Waals surface area (Å²) in [5.41, 5.74) is 5.14. The van der Waals surface area contributed by atoms with Gasteiger partial charge in [-0.25, -0.2) is 4.79 Å². The maximum absolute atomic E-state index is 11.6. The fourth-order valence-electron chi connectivity index (χ4n) is 1.55. The zero-order chi connectivity index (χ0) is 14.4. The van der Waals surface area contributed by atoms with E-state index in [1.807, 2.05) is 13.8 Å². The van der Waals surface area contributed by atoms with Crippen LogP contribution in [0.2, 0.25) is 0 Å². The Kier molecular flexibility index (Phi) is 5.23. The molecule has 0 saturated heterocycles. The normalized spacial score (nSPS) is 12.0. The highest BCUT2D eigenvalue weighted by Crippen LogP contribution is 2.12. The second kappa shape index (κ2) is 6.67. The number of primary amides is 1. The van der Waals surface area contributed by atoms with Crippen molar-refractivity contribution in [3.05, 3.63) is 17.8 Å². The number of ether oxygens (including phenoxy) is 1. The lowest BCUT2D eigenvalue weighted by atomic mass is 10.0. The molecular formula is C12H18N4O3. The smallest absolute Gasteiger partial charge is 0.328 e. The molecule has 0 aliphatic carbocycles. The first kappa shape index (κ1) is 14.9. The molecular weight excluding hydrogens is 248 g/mol. The van der Waals surface area contributed by atoms with Crippen molar-refractivity contribution in [3.63, 3.8) is 0 Å². The number of esters is 1. The lowest BCUT2D eigenvalue weighted by molar-refractivity contribution is -0.141.